The lowest BCUT2D eigenvalue weighted by atomic mass is 9.83. The first-order valence-electron chi connectivity index (χ1n) is 10.3. The van der Waals surface area contributed by atoms with Crippen LogP contribution < -0.4 is 5.32 Å². The summed E-state index contributed by atoms with van der Waals surface area (Å²) >= 11 is 1.62. The number of hydrogen-bond donors (Lipinski definition) is 1. The first-order valence-corrected chi connectivity index (χ1v) is 11.2. The lowest BCUT2D eigenvalue weighted by Crippen LogP contribution is -2.51. The van der Waals surface area contributed by atoms with E-state index in [0.717, 1.165) is 58.1 Å². The van der Waals surface area contributed by atoms with Crippen LogP contribution in [0.3, 0.4) is 0 Å². The molecule has 2 bridgehead atoms. The maximum absolute atomic E-state index is 12.4. The molecule has 154 valence electrons. The van der Waals surface area contributed by atoms with Gasteiger partial charge in [0.1, 0.15) is 5.82 Å². The van der Waals surface area contributed by atoms with Crippen LogP contribution in [0.25, 0.3) is 16.5 Å². The largest absolute Gasteiger partial charge is 0.350 e. The summed E-state index contributed by atoms with van der Waals surface area (Å²) in [6.45, 7) is 5.74. The SMILES string of the molecule is C=CC(=O)N1C2C=C(c3nc(Nc4ncc(C)s4)cc4c3ccn4C)CC1CCC2. The van der Waals surface area contributed by atoms with Gasteiger partial charge in [0.15, 0.2) is 5.13 Å². The number of nitrogens with one attached hydrogen (secondary N) is 1. The molecule has 2 atom stereocenters. The quantitative estimate of drug-likeness (QED) is 0.617. The molecule has 5 heterocycles. The molecule has 2 aliphatic rings. The van der Waals surface area contributed by atoms with E-state index in [2.05, 4.69) is 52.9 Å². The lowest BCUT2D eigenvalue weighted by Gasteiger charge is -2.44. The minimum atomic E-state index is 0.0346. The number of pyridine rings is 1. The second-order valence-electron chi connectivity index (χ2n) is 8.11. The highest BCUT2D eigenvalue weighted by Gasteiger charge is 2.37. The summed E-state index contributed by atoms with van der Waals surface area (Å²) in [5, 5.41) is 5.37. The smallest absolute Gasteiger partial charge is 0.246 e. The minimum Gasteiger partial charge on any atom is -0.350 e. The minimum absolute atomic E-state index is 0.0346. The molecule has 6 nitrogen and oxygen atoms in total. The number of aryl methyl sites for hydroxylation is 2. The molecular weight excluding hydrogens is 394 g/mol. The Bertz CT molecular complexity index is 1170. The Morgan fingerprint density at radius 2 is 2.27 bits per heavy atom. The van der Waals surface area contributed by atoms with Gasteiger partial charge in [0.05, 0.1) is 17.3 Å². The monoisotopic (exact) mass is 419 g/mol. The molecule has 3 aromatic rings. The molecule has 1 saturated heterocycles. The van der Waals surface area contributed by atoms with E-state index in [9.17, 15) is 4.79 Å². The molecule has 2 unspecified atom stereocenters. The van der Waals surface area contributed by atoms with Crippen LogP contribution in [-0.4, -0.2) is 37.4 Å². The van der Waals surface area contributed by atoms with Crippen LogP contribution in [0, 0.1) is 6.92 Å². The van der Waals surface area contributed by atoms with Gasteiger partial charge in [-0.2, -0.15) is 0 Å². The number of carbonyl (C=O) groups is 1. The van der Waals surface area contributed by atoms with Gasteiger partial charge in [0, 0.05) is 41.8 Å². The third-order valence-electron chi connectivity index (χ3n) is 6.11. The Kier molecular flexibility index (Phi) is 4.70. The summed E-state index contributed by atoms with van der Waals surface area (Å²) in [5.41, 5.74) is 3.37. The van der Waals surface area contributed by atoms with Gasteiger partial charge in [-0.05, 0) is 50.3 Å². The number of piperidine rings is 1. The van der Waals surface area contributed by atoms with Crippen molar-refractivity contribution < 1.29 is 4.79 Å². The molecule has 1 fully saturated rings. The summed E-state index contributed by atoms with van der Waals surface area (Å²) in [7, 11) is 2.05. The van der Waals surface area contributed by atoms with Crippen LogP contribution in [-0.2, 0) is 11.8 Å². The lowest BCUT2D eigenvalue weighted by molar-refractivity contribution is -0.131. The molecular formula is C23H25N5OS. The normalized spacial score (nSPS) is 20.9. The third-order valence-corrected chi connectivity index (χ3v) is 6.94. The van der Waals surface area contributed by atoms with Crippen LogP contribution in [0.4, 0.5) is 10.9 Å². The summed E-state index contributed by atoms with van der Waals surface area (Å²) < 4.78 is 2.12. The van der Waals surface area contributed by atoms with Gasteiger partial charge in [-0.15, -0.1) is 11.3 Å². The topological polar surface area (TPSA) is 63.1 Å². The molecule has 30 heavy (non-hydrogen) atoms. The zero-order valence-corrected chi connectivity index (χ0v) is 18.1. The Hall–Kier alpha value is -2.93. The van der Waals surface area contributed by atoms with E-state index in [0.29, 0.717) is 0 Å². The number of nitrogens with zero attached hydrogens (tertiary/aromatic N) is 4. The van der Waals surface area contributed by atoms with Crippen LogP contribution in [0.5, 0.6) is 0 Å². The van der Waals surface area contributed by atoms with E-state index in [1.807, 2.05) is 18.0 Å². The molecule has 7 heteroatoms. The molecule has 0 aliphatic carbocycles. The van der Waals surface area contributed by atoms with Crippen LogP contribution in [0.15, 0.2) is 43.3 Å². The van der Waals surface area contributed by atoms with Gasteiger partial charge in [0.25, 0.3) is 0 Å². The highest BCUT2D eigenvalue weighted by Crippen LogP contribution is 2.39. The zero-order valence-electron chi connectivity index (χ0n) is 17.3. The summed E-state index contributed by atoms with van der Waals surface area (Å²) in [5.74, 6) is 0.830. The molecule has 1 N–H and O–H groups in total. The number of amides is 1. The average Bonchev–Trinajstić information content (AvgIpc) is 3.31. The van der Waals surface area contributed by atoms with E-state index < -0.39 is 0 Å². The molecule has 3 aromatic heterocycles. The van der Waals surface area contributed by atoms with Gasteiger partial charge >= 0.3 is 0 Å². The van der Waals surface area contributed by atoms with Crippen molar-refractivity contribution >= 4 is 44.7 Å². The highest BCUT2D eigenvalue weighted by molar-refractivity contribution is 7.15. The van der Waals surface area contributed by atoms with Crippen LogP contribution in [0.1, 0.15) is 36.3 Å². The first kappa shape index (κ1) is 19.1. The molecule has 0 saturated carbocycles. The van der Waals surface area contributed by atoms with Crippen molar-refractivity contribution in [1.82, 2.24) is 19.4 Å². The van der Waals surface area contributed by atoms with Crippen LogP contribution in [0.2, 0.25) is 0 Å². The molecule has 5 rings (SSSR count). The maximum Gasteiger partial charge on any atom is 0.246 e. The van der Waals surface area contributed by atoms with E-state index in [1.54, 1.807) is 11.3 Å². The molecule has 0 radical (unpaired) electrons. The first-order chi connectivity index (χ1) is 14.5. The van der Waals surface area contributed by atoms with Crippen molar-refractivity contribution in [2.75, 3.05) is 5.32 Å². The van der Waals surface area contributed by atoms with Gasteiger partial charge < -0.3 is 14.8 Å². The second kappa shape index (κ2) is 7.40. The Morgan fingerprint density at radius 3 is 3.00 bits per heavy atom. The molecule has 0 aromatic carbocycles. The summed E-state index contributed by atoms with van der Waals surface area (Å²) in [6, 6.07) is 4.55. The second-order valence-corrected chi connectivity index (χ2v) is 9.35. The van der Waals surface area contributed by atoms with Crippen molar-refractivity contribution in [3.63, 3.8) is 0 Å². The van der Waals surface area contributed by atoms with E-state index >= 15 is 0 Å². The number of fused-ring (bicyclic) bond motifs is 3. The van der Waals surface area contributed by atoms with Crippen molar-refractivity contribution in [2.45, 2.75) is 44.7 Å². The fourth-order valence-corrected chi connectivity index (χ4v) is 5.42. The number of carbonyl (C=O) groups excluding carboxylic acids is 1. The number of thiazole rings is 1. The molecule has 0 spiro atoms. The van der Waals surface area contributed by atoms with Crippen molar-refractivity contribution in [1.29, 1.82) is 0 Å². The Labute approximate surface area is 179 Å². The fraction of sp³-hybridized carbons (Fsp3) is 0.348. The number of aromatic nitrogens is 3. The van der Waals surface area contributed by atoms with Gasteiger partial charge in [-0.25, -0.2) is 9.97 Å². The maximum atomic E-state index is 12.4. The standard InChI is InChI=1S/C23H25N5OS/c1-4-21(29)28-16-6-5-7-17(28)11-15(10-16)22-18-8-9-27(3)19(18)12-20(25-22)26-23-24-13-14(2)30-23/h4,8-10,12-13,16-17H,1,5-7,11H2,2-3H3,(H,24,25,26). The number of anilines is 2. The highest BCUT2D eigenvalue weighted by atomic mass is 32.1. The van der Waals surface area contributed by atoms with Crippen molar-refractivity contribution in [2.24, 2.45) is 7.05 Å². The van der Waals surface area contributed by atoms with E-state index in [4.69, 9.17) is 4.98 Å². The third kappa shape index (κ3) is 3.23. The summed E-state index contributed by atoms with van der Waals surface area (Å²) in [6.07, 6.45) is 11.6. The van der Waals surface area contributed by atoms with E-state index in [1.165, 1.54) is 11.6 Å². The predicted molar refractivity (Wildman–Crippen MR) is 122 cm³/mol. The average molecular weight is 420 g/mol. The van der Waals surface area contributed by atoms with E-state index in [-0.39, 0.29) is 18.0 Å². The van der Waals surface area contributed by atoms with Gasteiger partial charge in [0.2, 0.25) is 5.91 Å². The van der Waals surface area contributed by atoms with Gasteiger partial charge in [-0.3, -0.25) is 4.79 Å². The number of hydrogen-bond acceptors (Lipinski definition) is 5. The van der Waals surface area contributed by atoms with Crippen molar-refractivity contribution in [3.8, 4) is 0 Å². The Balaban J connectivity index is 1.59. The molecule has 1 amide bonds. The Morgan fingerprint density at radius 1 is 1.40 bits per heavy atom. The number of rotatable bonds is 4. The summed E-state index contributed by atoms with van der Waals surface area (Å²) in [4.78, 5) is 25.0. The van der Waals surface area contributed by atoms with Crippen LogP contribution >= 0.6 is 11.3 Å². The zero-order chi connectivity index (χ0) is 20.8. The predicted octanol–water partition coefficient (Wildman–Crippen LogP) is 4.80. The van der Waals surface area contributed by atoms with Crippen molar-refractivity contribution in [3.05, 3.63) is 53.8 Å². The van der Waals surface area contributed by atoms with Gasteiger partial charge in [-0.1, -0.05) is 12.7 Å². The molecule has 2 aliphatic heterocycles. The fourth-order valence-electron chi connectivity index (χ4n) is 4.75.